The van der Waals surface area contributed by atoms with Crippen molar-refractivity contribution in [2.75, 3.05) is 6.54 Å². The van der Waals surface area contributed by atoms with Crippen molar-refractivity contribution < 1.29 is 17.6 Å². The molecule has 1 N–H and O–H groups in total. The van der Waals surface area contributed by atoms with Gasteiger partial charge in [-0.05, 0) is 36.6 Å². The van der Waals surface area contributed by atoms with Crippen LogP contribution in [0.5, 0.6) is 0 Å². The Morgan fingerprint density at radius 1 is 1.35 bits per heavy atom. The molecule has 2 fully saturated rings. The molecule has 2 aliphatic heterocycles. The lowest BCUT2D eigenvalue weighted by Gasteiger charge is -2.38. The van der Waals surface area contributed by atoms with Gasteiger partial charge in [-0.1, -0.05) is 24.3 Å². The number of sulfonamides is 1. The molecule has 1 aromatic carbocycles. The highest BCUT2D eigenvalue weighted by molar-refractivity contribution is 7.89. The number of nitrogens with one attached hydrogen (secondary N) is 1. The van der Waals surface area contributed by atoms with Gasteiger partial charge in [-0.25, -0.2) is 8.42 Å². The molecule has 2 aromatic rings. The normalized spacial score (nSPS) is 29.5. The number of piperidine rings is 1. The van der Waals surface area contributed by atoms with Gasteiger partial charge in [-0.3, -0.25) is 4.79 Å². The second kappa shape index (κ2) is 7.11. The molecule has 2 saturated heterocycles. The molecule has 1 aromatic heterocycles. The number of nitrogens with zero attached hydrogens (tertiary/aromatic N) is 1. The number of rotatable bonds is 5. The summed E-state index contributed by atoms with van der Waals surface area (Å²) in [7, 11) is -3.89. The van der Waals surface area contributed by atoms with Crippen LogP contribution in [0.3, 0.4) is 0 Å². The summed E-state index contributed by atoms with van der Waals surface area (Å²) in [5.41, 5.74) is 0.0558. The van der Waals surface area contributed by atoms with E-state index in [9.17, 15) is 13.2 Å². The van der Waals surface area contributed by atoms with Crippen molar-refractivity contribution in [2.24, 2.45) is 5.41 Å². The van der Waals surface area contributed by atoms with Crippen LogP contribution in [0.4, 0.5) is 0 Å². The zero-order valence-corrected chi connectivity index (χ0v) is 17.9. The predicted molar refractivity (Wildman–Crippen MR) is 115 cm³/mol. The number of terminal acetylenes is 1. The lowest BCUT2D eigenvalue weighted by Crippen LogP contribution is -2.50. The van der Waals surface area contributed by atoms with Gasteiger partial charge in [0.05, 0.1) is 16.4 Å². The minimum atomic E-state index is -3.89. The third kappa shape index (κ3) is 2.68. The second-order valence-electron chi connectivity index (χ2n) is 8.43. The number of amides is 1. The highest BCUT2D eigenvalue weighted by atomic mass is 32.2. The maximum Gasteiger partial charge on any atom is 0.244 e. The standard InChI is InChI=1S/C24H24N2O4S/c1-3-5-9-17-14-19-20-12-13-25-23(27)24(20)15-16(4-2)26(22(24)21(19)30-17)31(28,29)18-10-7-6-8-11-18/h1,4,6-8,10-11,14,16,20,22H,2,5,9,12-13,15H2,(H,25,27)/t16-,20-,22-,24-/m0/s1. The van der Waals surface area contributed by atoms with Crippen LogP contribution in [0.1, 0.15) is 48.3 Å². The quantitative estimate of drug-likeness (QED) is 0.577. The van der Waals surface area contributed by atoms with Crippen molar-refractivity contribution in [1.82, 2.24) is 9.62 Å². The van der Waals surface area contributed by atoms with Crippen molar-refractivity contribution >= 4 is 15.9 Å². The van der Waals surface area contributed by atoms with Gasteiger partial charge in [0.1, 0.15) is 11.5 Å². The van der Waals surface area contributed by atoms with Crippen molar-refractivity contribution in [1.29, 1.82) is 0 Å². The van der Waals surface area contributed by atoms with E-state index in [0.29, 0.717) is 31.6 Å². The largest absolute Gasteiger partial charge is 0.464 e. The molecule has 160 valence electrons. The van der Waals surface area contributed by atoms with E-state index in [0.717, 1.165) is 17.7 Å². The minimum Gasteiger partial charge on any atom is -0.464 e. The molecular formula is C24H24N2O4S. The molecule has 1 spiro atoms. The summed E-state index contributed by atoms with van der Waals surface area (Å²) in [6.45, 7) is 4.46. The molecule has 1 aliphatic carbocycles. The third-order valence-electron chi connectivity index (χ3n) is 6.95. The smallest absolute Gasteiger partial charge is 0.244 e. The summed E-state index contributed by atoms with van der Waals surface area (Å²) in [6, 6.07) is 9.09. The highest BCUT2D eigenvalue weighted by Crippen LogP contribution is 2.67. The van der Waals surface area contributed by atoms with E-state index in [1.807, 2.05) is 6.07 Å². The fourth-order valence-corrected chi connectivity index (χ4v) is 7.53. The summed E-state index contributed by atoms with van der Waals surface area (Å²) in [5, 5.41) is 2.98. The molecule has 5 rings (SSSR count). The Morgan fingerprint density at radius 3 is 2.84 bits per heavy atom. The van der Waals surface area contributed by atoms with E-state index < -0.39 is 27.5 Å². The number of hydrogen-bond acceptors (Lipinski definition) is 4. The van der Waals surface area contributed by atoms with E-state index in [1.54, 1.807) is 36.4 Å². The van der Waals surface area contributed by atoms with E-state index in [2.05, 4.69) is 17.8 Å². The van der Waals surface area contributed by atoms with Crippen LogP contribution in [0.25, 0.3) is 0 Å². The van der Waals surface area contributed by atoms with Crippen molar-refractivity contribution in [3.63, 3.8) is 0 Å². The summed E-state index contributed by atoms with van der Waals surface area (Å²) >= 11 is 0. The minimum absolute atomic E-state index is 0.0944. The SMILES string of the molecule is C#CCCc1cc2c(o1)[C@@H]1N(S(=O)(=O)c3ccccc3)[C@@H](C=C)C[C@@]13C(=O)NCC[C@@H]23. The molecule has 0 unspecified atom stereocenters. The average molecular weight is 437 g/mol. The lowest BCUT2D eigenvalue weighted by molar-refractivity contribution is -0.135. The topological polar surface area (TPSA) is 79.6 Å². The van der Waals surface area contributed by atoms with Gasteiger partial charge in [0, 0.05) is 31.3 Å². The van der Waals surface area contributed by atoms with Gasteiger partial charge in [0.25, 0.3) is 0 Å². The van der Waals surface area contributed by atoms with Crippen molar-refractivity contribution in [3.8, 4) is 12.3 Å². The molecule has 31 heavy (non-hydrogen) atoms. The molecule has 0 radical (unpaired) electrons. The number of aryl methyl sites for hydroxylation is 1. The van der Waals surface area contributed by atoms with Crippen LogP contribution in [0.15, 0.2) is 58.4 Å². The van der Waals surface area contributed by atoms with Gasteiger partial charge < -0.3 is 9.73 Å². The number of furan rings is 1. The van der Waals surface area contributed by atoms with Gasteiger partial charge >= 0.3 is 0 Å². The first kappa shape index (κ1) is 20.1. The summed E-state index contributed by atoms with van der Waals surface area (Å²) in [5.74, 6) is 3.73. The van der Waals surface area contributed by atoms with Crippen LogP contribution < -0.4 is 5.32 Å². The van der Waals surface area contributed by atoms with Crippen LogP contribution in [-0.2, 0) is 21.2 Å². The first-order chi connectivity index (χ1) is 14.9. The predicted octanol–water partition coefficient (Wildman–Crippen LogP) is 3.14. The first-order valence-electron chi connectivity index (χ1n) is 10.5. The Hall–Kier alpha value is -2.82. The molecular weight excluding hydrogens is 412 g/mol. The van der Waals surface area contributed by atoms with E-state index in [4.69, 9.17) is 10.8 Å². The molecule has 3 heterocycles. The van der Waals surface area contributed by atoms with Gasteiger partial charge in [-0.15, -0.1) is 18.9 Å². The molecule has 1 amide bonds. The molecule has 6 nitrogen and oxygen atoms in total. The average Bonchev–Trinajstić information content (AvgIpc) is 3.40. The maximum atomic E-state index is 13.8. The van der Waals surface area contributed by atoms with Crippen molar-refractivity contribution in [2.45, 2.75) is 48.6 Å². The molecule has 0 saturated carbocycles. The third-order valence-corrected chi connectivity index (χ3v) is 8.86. The van der Waals surface area contributed by atoms with Gasteiger partial charge in [0.15, 0.2) is 0 Å². The lowest BCUT2D eigenvalue weighted by atomic mass is 9.68. The molecule has 3 aliphatic rings. The number of fused-ring (bicyclic) bond motifs is 3. The Balaban J connectivity index is 1.70. The van der Waals surface area contributed by atoms with E-state index in [-0.39, 0.29) is 16.7 Å². The first-order valence-corrected chi connectivity index (χ1v) is 11.9. The number of benzene rings is 1. The molecule has 7 heteroatoms. The summed E-state index contributed by atoms with van der Waals surface area (Å²) in [6.07, 6.45) is 9.29. The zero-order valence-electron chi connectivity index (χ0n) is 17.1. The Bertz CT molecular complexity index is 1190. The second-order valence-corrected chi connectivity index (χ2v) is 10.3. The summed E-state index contributed by atoms with van der Waals surface area (Å²) < 4.78 is 35.2. The number of carbonyl (C=O) groups excluding carboxylic acids is 1. The Labute approximate surface area is 182 Å². The maximum absolute atomic E-state index is 13.8. The number of hydrogen-bond donors (Lipinski definition) is 1. The van der Waals surface area contributed by atoms with Crippen LogP contribution in [0, 0.1) is 17.8 Å². The van der Waals surface area contributed by atoms with E-state index >= 15 is 0 Å². The summed E-state index contributed by atoms with van der Waals surface area (Å²) in [4.78, 5) is 13.5. The fourth-order valence-electron chi connectivity index (χ4n) is 5.71. The molecule has 0 bridgehead atoms. The highest BCUT2D eigenvalue weighted by Gasteiger charge is 2.69. The van der Waals surface area contributed by atoms with Crippen LogP contribution >= 0.6 is 0 Å². The monoisotopic (exact) mass is 436 g/mol. The Morgan fingerprint density at radius 2 is 2.13 bits per heavy atom. The van der Waals surface area contributed by atoms with Crippen molar-refractivity contribution in [3.05, 3.63) is 66.1 Å². The van der Waals surface area contributed by atoms with Crippen LogP contribution in [-0.4, -0.2) is 31.2 Å². The van der Waals surface area contributed by atoms with Gasteiger partial charge in [0.2, 0.25) is 15.9 Å². The Kier molecular flexibility index (Phi) is 4.61. The number of carbonyl (C=O) groups is 1. The molecule has 4 atom stereocenters. The van der Waals surface area contributed by atoms with Crippen LogP contribution in [0.2, 0.25) is 0 Å². The fraction of sp³-hybridized carbons (Fsp3) is 0.375. The zero-order chi connectivity index (χ0) is 21.8. The van der Waals surface area contributed by atoms with Gasteiger partial charge in [-0.2, -0.15) is 4.31 Å². The van der Waals surface area contributed by atoms with E-state index in [1.165, 1.54) is 4.31 Å².